The van der Waals surface area contributed by atoms with Crippen molar-refractivity contribution in [1.82, 2.24) is 4.98 Å². The Morgan fingerprint density at radius 1 is 1.64 bits per heavy atom. The summed E-state index contributed by atoms with van der Waals surface area (Å²) in [5.74, 6) is -1.02. The van der Waals surface area contributed by atoms with Crippen molar-refractivity contribution in [2.45, 2.75) is 25.4 Å². The van der Waals surface area contributed by atoms with Crippen molar-refractivity contribution in [1.29, 1.82) is 0 Å². The van der Waals surface area contributed by atoms with Gasteiger partial charge in [-0.1, -0.05) is 13.0 Å². The van der Waals surface area contributed by atoms with Crippen LogP contribution in [0.4, 0.5) is 0 Å². The van der Waals surface area contributed by atoms with Crippen molar-refractivity contribution in [2.24, 2.45) is 0 Å². The molecule has 1 aromatic heterocycles. The SMILES string of the molecule is CC[C@](O)(CC(=O)O)c1cccnc1. The Morgan fingerprint density at radius 3 is 2.79 bits per heavy atom. The molecule has 1 aromatic rings. The van der Waals surface area contributed by atoms with E-state index in [0.29, 0.717) is 12.0 Å². The standard InChI is InChI=1S/C10H13NO3/c1-2-10(14,6-9(12)13)8-4-3-5-11-7-8/h3-5,7,14H,2,6H2,1H3,(H,12,13)/t10-/m0/s1. The Balaban J connectivity index is 2.95. The van der Waals surface area contributed by atoms with E-state index in [4.69, 9.17) is 5.11 Å². The molecule has 0 saturated carbocycles. The van der Waals surface area contributed by atoms with Crippen LogP contribution in [0, 0.1) is 0 Å². The van der Waals surface area contributed by atoms with Crippen molar-refractivity contribution >= 4 is 5.97 Å². The number of aliphatic carboxylic acids is 1. The van der Waals surface area contributed by atoms with Crippen molar-refractivity contribution in [2.75, 3.05) is 0 Å². The van der Waals surface area contributed by atoms with Gasteiger partial charge in [-0.25, -0.2) is 0 Å². The topological polar surface area (TPSA) is 70.4 Å². The van der Waals surface area contributed by atoms with Gasteiger partial charge in [-0.05, 0) is 12.5 Å². The van der Waals surface area contributed by atoms with Crippen LogP contribution in [0.5, 0.6) is 0 Å². The summed E-state index contributed by atoms with van der Waals surface area (Å²) in [6.45, 7) is 1.75. The molecule has 4 nitrogen and oxygen atoms in total. The molecule has 0 aromatic carbocycles. The number of aromatic nitrogens is 1. The van der Waals surface area contributed by atoms with Gasteiger partial charge in [0.15, 0.2) is 0 Å². The third kappa shape index (κ3) is 2.29. The number of carbonyl (C=O) groups is 1. The summed E-state index contributed by atoms with van der Waals surface area (Å²) >= 11 is 0. The maximum atomic E-state index is 10.6. The maximum absolute atomic E-state index is 10.6. The fourth-order valence-corrected chi connectivity index (χ4v) is 1.32. The molecule has 0 aliphatic carbocycles. The molecule has 14 heavy (non-hydrogen) atoms. The van der Waals surface area contributed by atoms with Crippen LogP contribution in [0.25, 0.3) is 0 Å². The first-order valence-electron chi connectivity index (χ1n) is 4.43. The van der Waals surface area contributed by atoms with Gasteiger partial charge in [-0.3, -0.25) is 9.78 Å². The van der Waals surface area contributed by atoms with Crippen molar-refractivity contribution in [3.8, 4) is 0 Å². The van der Waals surface area contributed by atoms with Crippen molar-refractivity contribution in [3.05, 3.63) is 30.1 Å². The summed E-state index contributed by atoms with van der Waals surface area (Å²) < 4.78 is 0. The third-order valence-electron chi connectivity index (χ3n) is 2.23. The lowest BCUT2D eigenvalue weighted by Crippen LogP contribution is -2.28. The van der Waals surface area contributed by atoms with Crippen LogP contribution in [-0.2, 0) is 10.4 Å². The molecule has 1 atom stereocenters. The molecule has 1 rings (SSSR count). The zero-order chi connectivity index (χ0) is 10.6. The van der Waals surface area contributed by atoms with E-state index in [-0.39, 0.29) is 6.42 Å². The lowest BCUT2D eigenvalue weighted by atomic mass is 9.89. The second-order valence-electron chi connectivity index (χ2n) is 3.20. The van der Waals surface area contributed by atoms with E-state index in [1.54, 1.807) is 25.3 Å². The molecular weight excluding hydrogens is 182 g/mol. The number of nitrogens with zero attached hydrogens (tertiary/aromatic N) is 1. The minimum Gasteiger partial charge on any atom is -0.481 e. The monoisotopic (exact) mass is 195 g/mol. The first kappa shape index (κ1) is 10.7. The van der Waals surface area contributed by atoms with Gasteiger partial charge in [0, 0.05) is 18.0 Å². The fraction of sp³-hybridized carbons (Fsp3) is 0.400. The van der Waals surface area contributed by atoms with Gasteiger partial charge in [0.25, 0.3) is 0 Å². The molecule has 0 radical (unpaired) electrons. The van der Waals surface area contributed by atoms with E-state index in [0.717, 1.165) is 0 Å². The summed E-state index contributed by atoms with van der Waals surface area (Å²) in [5, 5.41) is 18.7. The lowest BCUT2D eigenvalue weighted by molar-refractivity contribution is -0.143. The minimum atomic E-state index is -1.31. The predicted octanol–water partition coefficient (Wildman–Crippen LogP) is 1.15. The number of rotatable bonds is 4. The van der Waals surface area contributed by atoms with Crippen LogP contribution >= 0.6 is 0 Å². The largest absolute Gasteiger partial charge is 0.481 e. The van der Waals surface area contributed by atoms with E-state index in [1.165, 1.54) is 6.20 Å². The zero-order valence-corrected chi connectivity index (χ0v) is 7.97. The Morgan fingerprint density at radius 2 is 2.36 bits per heavy atom. The first-order valence-corrected chi connectivity index (χ1v) is 4.43. The Labute approximate surface area is 82.2 Å². The summed E-state index contributed by atoms with van der Waals surface area (Å²) in [6, 6.07) is 3.36. The Kier molecular flexibility index (Phi) is 3.19. The summed E-state index contributed by atoms with van der Waals surface area (Å²) in [4.78, 5) is 14.4. The number of carboxylic acid groups (broad SMARTS) is 1. The van der Waals surface area contributed by atoms with E-state index in [1.807, 2.05) is 0 Å². The van der Waals surface area contributed by atoms with Gasteiger partial charge < -0.3 is 10.2 Å². The molecule has 4 heteroatoms. The number of carboxylic acids is 1. The normalized spacial score (nSPS) is 14.7. The molecule has 0 spiro atoms. The van der Waals surface area contributed by atoms with Gasteiger partial charge in [-0.15, -0.1) is 0 Å². The molecule has 2 N–H and O–H groups in total. The van der Waals surface area contributed by atoms with Gasteiger partial charge in [-0.2, -0.15) is 0 Å². The molecule has 0 aliphatic heterocycles. The lowest BCUT2D eigenvalue weighted by Gasteiger charge is -2.24. The smallest absolute Gasteiger partial charge is 0.306 e. The fourth-order valence-electron chi connectivity index (χ4n) is 1.32. The highest BCUT2D eigenvalue weighted by Crippen LogP contribution is 2.27. The first-order chi connectivity index (χ1) is 6.58. The molecule has 76 valence electrons. The molecule has 0 bridgehead atoms. The highest BCUT2D eigenvalue weighted by atomic mass is 16.4. The van der Waals surface area contributed by atoms with E-state index in [9.17, 15) is 9.90 Å². The van der Waals surface area contributed by atoms with Gasteiger partial charge in [0.05, 0.1) is 6.42 Å². The van der Waals surface area contributed by atoms with Crippen molar-refractivity contribution < 1.29 is 15.0 Å². The molecule has 0 amide bonds. The Bertz CT molecular complexity index is 312. The van der Waals surface area contributed by atoms with Crippen LogP contribution in [-0.4, -0.2) is 21.2 Å². The van der Waals surface area contributed by atoms with Crippen LogP contribution < -0.4 is 0 Å². The van der Waals surface area contributed by atoms with Crippen LogP contribution in [0.3, 0.4) is 0 Å². The minimum absolute atomic E-state index is 0.296. The number of hydrogen-bond acceptors (Lipinski definition) is 3. The average molecular weight is 195 g/mol. The van der Waals surface area contributed by atoms with E-state index in [2.05, 4.69) is 4.98 Å². The van der Waals surface area contributed by atoms with E-state index >= 15 is 0 Å². The molecule has 0 aliphatic rings. The number of aliphatic hydroxyl groups is 1. The highest BCUT2D eigenvalue weighted by molar-refractivity contribution is 5.68. The highest BCUT2D eigenvalue weighted by Gasteiger charge is 2.30. The summed E-state index contributed by atoms with van der Waals surface area (Å²) in [6.07, 6.45) is 3.13. The summed E-state index contributed by atoms with van der Waals surface area (Å²) in [7, 11) is 0. The zero-order valence-electron chi connectivity index (χ0n) is 7.97. The maximum Gasteiger partial charge on any atom is 0.306 e. The predicted molar refractivity (Wildman–Crippen MR) is 50.7 cm³/mol. The Hall–Kier alpha value is -1.42. The molecule has 0 fully saturated rings. The molecule has 0 saturated heterocycles. The third-order valence-corrected chi connectivity index (χ3v) is 2.23. The van der Waals surface area contributed by atoms with Crippen LogP contribution in [0.1, 0.15) is 25.3 Å². The van der Waals surface area contributed by atoms with Gasteiger partial charge in [0.2, 0.25) is 0 Å². The molecule has 0 unspecified atom stereocenters. The molecular formula is C10H13NO3. The van der Waals surface area contributed by atoms with Crippen molar-refractivity contribution in [3.63, 3.8) is 0 Å². The van der Waals surface area contributed by atoms with Crippen LogP contribution in [0.2, 0.25) is 0 Å². The number of pyridine rings is 1. The molecule has 1 heterocycles. The second kappa shape index (κ2) is 4.19. The van der Waals surface area contributed by atoms with E-state index < -0.39 is 11.6 Å². The summed E-state index contributed by atoms with van der Waals surface area (Å²) in [5.41, 5.74) is -0.759. The van der Waals surface area contributed by atoms with Crippen LogP contribution in [0.15, 0.2) is 24.5 Å². The quantitative estimate of drug-likeness (QED) is 0.756. The average Bonchev–Trinajstić information content (AvgIpc) is 2.18. The second-order valence-corrected chi connectivity index (χ2v) is 3.20. The van der Waals surface area contributed by atoms with Gasteiger partial charge in [0.1, 0.15) is 5.60 Å². The van der Waals surface area contributed by atoms with Gasteiger partial charge >= 0.3 is 5.97 Å². The number of hydrogen-bond donors (Lipinski definition) is 2.